The number of anilines is 3. The third-order valence-electron chi connectivity index (χ3n) is 13.5. The van der Waals surface area contributed by atoms with Gasteiger partial charge in [0, 0.05) is 33.5 Å². The molecule has 0 aliphatic rings. The molecule has 0 aliphatic carbocycles. The third kappa shape index (κ3) is 6.26. The zero-order valence-corrected chi connectivity index (χ0v) is 36.1. The molecule has 12 aromatic carbocycles. The van der Waals surface area contributed by atoms with Crippen LogP contribution in [0.5, 0.6) is 0 Å². The van der Waals surface area contributed by atoms with Gasteiger partial charge in [-0.3, -0.25) is 0 Å². The molecule has 0 bridgehead atoms. The summed E-state index contributed by atoms with van der Waals surface area (Å²) in [6.45, 7) is 0. The quantitative estimate of drug-likeness (QED) is 0.145. The molecule has 13 aromatic rings. The number of rotatable bonds is 7. The van der Waals surface area contributed by atoms with Gasteiger partial charge < -0.3 is 9.47 Å². The van der Waals surface area contributed by atoms with Crippen molar-refractivity contribution in [1.29, 1.82) is 0 Å². The van der Waals surface area contributed by atoms with Gasteiger partial charge in [-0.15, -0.1) is 0 Å². The average Bonchev–Trinajstić information content (AvgIpc) is 3.72. The van der Waals surface area contributed by atoms with E-state index in [1.54, 1.807) is 0 Å². The molecule has 0 amide bonds. The lowest BCUT2D eigenvalue weighted by Crippen LogP contribution is -2.10. The summed E-state index contributed by atoms with van der Waals surface area (Å²) in [6.07, 6.45) is 0. The Morgan fingerprint density at radius 3 is 1.62 bits per heavy atom. The molecule has 308 valence electrons. The minimum absolute atomic E-state index is 1.09. The van der Waals surface area contributed by atoms with Crippen LogP contribution in [-0.2, 0) is 0 Å². The third-order valence-corrected chi connectivity index (χ3v) is 13.5. The van der Waals surface area contributed by atoms with E-state index in [4.69, 9.17) is 0 Å². The van der Waals surface area contributed by atoms with Crippen LogP contribution in [0.2, 0.25) is 0 Å². The Kier molecular flexibility index (Phi) is 8.89. The first-order chi connectivity index (χ1) is 32.7. The van der Waals surface area contributed by atoms with Crippen molar-refractivity contribution in [2.45, 2.75) is 0 Å². The predicted molar refractivity (Wildman–Crippen MR) is 282 cm³/mol. The first-order valence-corrected chi connectivity index (χ1v) is 22.7. The van der Waals surface area contributed by atoms with E-state index in [0.29, 0.717) is 0 Å². The topological polar surface area (TPSA) is 8.17 Å². The first kappa shape index (κ1) is 37.8. The molecule has 2 heteroatoms. The van der Waals surface area contributed by atoms with Gasteiger partial charge in [-0.05, 0) is 137 Å². The minimum Gasteiger partial charge on any atom is -0.310 e. The van der Waals surface area contributed by atoms with Gasteiger partial charge in [0.25, 0.3) is 0 Å². The SMILES string of the molecule is c1ccc(-n2c3ccccc3c3c(-c4cccc(N(c5ccc(-c6ccc(-c7cccc8ccccc78)cc6)cc5)c5ccc6c(ccc7ccccc76)c5)c4)c4ccccc4cc32)cc1. The normalized spacial score (nSPS) is 11.6. The van der Waals surface area contributed by atoms with Crippen LogP contribution in [0.3, 0.4) is 0 Å². The van der Waals surface area contributed by atoms with Crippen LogP contribution in [0.25, 0.3) is 104 Å². The molecule has 0 N–H and O–H groups in total. The van der Waals surface area contributed by atoms with Gasteiger partial charge >= 0.3 is 0 Å². The Hall–Kier alpha value is -8.72. The Labute approximate surface area is 383 Å². The highest BCUT2D eigenvalue weighted by Crippen LogP contribution is 2.46. The van der Waals surface area contributed by atoms with Crippen LogP contribution < -0.4 is 4.90 Å². The number of benzene rings is 12. The maximum absolute atomic E-state index is 2.42. The molecule has 13 rings (SSSR count). The fraction of sp³-hybridized carbons (Fsp3) is 0. The summed E-state index contributed by atoms with van der Waals surface area (Å²) < 4.78 is 2.42. The van der Waals surface area contributed by atoms with Crippen LogP contribution >= 0.6 is 0 Å². The van der Waals surface area contributed by atoms with E-state index < -0.39 is 0 Å². The summed E-state index contributed by atoms with van der Waals surface area (Å²) in [5, 5.41) is 12.4. The van der Waals surface area contributed by atoms with E-state index in [2.05, 4.69) is 264 Å². The molecule has 0 spiro atoms. The fourth-order valence-electron chi connectivity index (χ4n) is 10.5. The van der Waals surface area contributed by atoms with Gasteiger partial charge in [0.2, 0.25) is 0 Å². The van der Waals surface area contributed by atoms with Gasteiger partial charge in [-0.25, -0.2) is 0 Å². The highest BCUT2D eigenvalue weighted by atomic mass is 15.1. The summed E-state index contributed by atoms with van der Waals surface area (Å²) in [4.78, 5) is 2.42. The molecule has 0 saturated heterocycles. The predicted octanol–water partition coefficient (Wildman–Crippen LogP) is 17.9. The lowest BCUT2D eigenvalue weighted by atomic mass is 9.92. The van der Waals surface area contributed by atoms with Crippen molar-refractivity contribution in [1.82, 2.24) is 4.57 Å². The number of hydrogen-bond donors (Lipinski definition) is 0. The zero-order valence-electron chi connectivity index (χ0n) is 36.1. The van der Waals surface area contributed by atoms with E-state index in [-0.39, 0.29) is 0 Å². The van der Waals surface area contributed by atoms with Gasteiger partial charge in [-0.1, -0.05) is 194 Å². The maximum Gasteiger partial charge on any atom is 0.0553 e. The monoisotopic (exact) mass is 838 g/mol. The van der Waals surface area contributed by atoms with Crippen molar-refractivity contribution in [3.63, 3.8) is 0 Å². The Morgan fingerprint density at radius 1 is 0.273 bits per heavy atom. The largest absolute Gasteiger partial charge is 0.310 e. The minimum atomic E-state index is 1.09. The van der Waals surface area contributed by atoms with E-state index in [0.717, 1.165) is 22.7 Å². The number of hydrogen-bond acceptors (Lipinski definition) is 1. The molecular formula is C64H42N2. The van der Waals surface area contributed by atoms with Crippen LogP contribution in [0.15, 0.2) is 255 Å². The summed E-state index contributed by atoms with van der Waals surface area (Å²) in [5.74, 6) is 0. The van der Waals surface area contributed by atoms with Gasteiger partial charge in [0.1, 0.15) is 0 Å². The Bertz CT molecular complexity index is 3970. The second-order valence-corrected chi connectivity index (χ2v) is 17.3. The Morgan fingerprint density at radius 2 is 0.818 bits per heavy atom. The number of aromatic nitrogens is 1. The summed E-state index contributed by atoms with van der Waals surface area (Å²) in [7, 11) is 0. The summed E-state index contributed by atoms with van der Waals surface area (Å²) >= 11 is 0. The van der Waals surface area contributed by atoms with Crippen molar-refractivity contribution in [2.75, 3.05) is 4.90 Å². The van der Waals surface area contributed by atoms with Crippen LogP contribution in [-0.4, -0.2) is 4.57 Å². The summed E-state index contributed by atoms with van der Waals surface area (Å²) in [5.41, 5.74) is 14.1. The highest BCUT2D eigenvalue weighted by Gasteiger charge is 2.21. The number of fused-ring (bicyclic) bond motifs is 8. The van der Waals surface area contributed by atoms with Crippen molar-refractivity contribution in [2.24, 2.45) is 0 Å². The number of para-hydroxylation sites is 2. The lowest BCUT2D eigenvalue weighted by Gasteiger charge is -2.27. The van der Waals surface area contributed by atoms with Gasteiger partial charge in [-0.2, -0.15) is 0 Å². The molecule has 1 aromatic heterocycles. The summed E-state index contributed by atoms with van der Waals surface area (Å²) in [6, 6.07) is 93.3. The molecule has 2 nitrogen and oxygen atoms in total. The van der Waals surface area contributed by atoms with Gasteiger partial charge in [0.05, 0.1) is 11.0 Å². The fourth-order valence-corrected chi connectivity index (χ4v) is 10.5. The molecule has 0 saturated carbocycles. The molecule has 0 radical (unpaired) electrons. The average molecular weight is 839 g/mol. The lowest BCUT2D eigenvalue weighted by molar-refractivity contribution is 1.18. The second-order valence-electron chi connectivity index (χ2n) is 17.3. The first-order valence-electron chi connectivity index (χ1n) is 22.7. The standard InChI is InChI=1S/C64H42N2/c1-2-19-51(20-3-1)66-61-27-11-10-25-60(61)64-62(66)42-48-16-6-9-24-59(48)63(64)50-18-12-21-53(41-50)65(54-38-39-58-49(40-54)33-32-46-15-5-8-23-56(46)58)52-36-34-44(35-37-52)43-28-30-47(31-29-43)57-26-13-17-45-14-4-7-22-55(45)57/h1-42H. The van der Waals surface area contributed by atoms with Gasteiger partial charge in [0.15, 0.2) is 0 Å². The van der Waals surface area contributed by atoms with E-state index in [1.165, 1.54) is 98.3 Å². The van der Waals surface area contributed by atoms with Crippen molar-refractivity contribution >= 4 is 82.0 Å². The molecule has 66 heavy (non-hydrogen) atoms. The molecular weight excluding hydrogens is 797 g/mol. The van der Waals surface area contributed by atoms with Crippen LogP contribution in [0.1, 0.15) is 0 Å². The Balaban J connectivity index is 0.970. The second kappa shape index (κ2) is 15.5. The van der Waals surface area contributed by atoms with Crippen LogP contribution in [0.4, 0.5) is 17.1 Å². The zero-order chi connectivity index (χ0) is 43.6. The molecule has 1 heterocycles. The molecule has 0 unspecified atom stereocenters. The van der Waals surface area contributed by atoms with Crippen molar-refractivity contribution < 1.29 is 0 Å². The maximum atomic E-state index is 2.42. The number of nitrogens with zero attached hydrogens (tertiary/aromatic N) is 2. The van der Waals surface area contributed by atoms with E-state index >= 15 is 0 Å². The highest BCUT2D eigenvalue weighted by molar-refractivity contribution is 6.23. The van der Waals surface area contributed by atoms with Crippen LogP contribution in [0, 0.1) is 0 Å². The van der Waals surface area contributed by atoms with E-state index in [9.17, 15) is 0 Å². The van der Waals surface area contributed by atoms with Crippen molar-refractivity contribution in [3.05, 3.63) is 255 Å². The van der Waals surface area contributed by atoms with Crippen molar-refractivity contribution in [3.8, 4) is 39.1 Å². The molecule has 0 fully saturated rings. The molecule has 0 aliphatic heterocycles. The smallest absolute Gasteiger partial charge is 0.0553 e. The van der Waals surface area contributed by atoms with E-state index in [1.807, 2.05) is 0 Å². The molecule has 0 atom stereocenters.